The molecule has 0 bridgehead atoms. The lowest BCUT2D eigenvalue weighted by Crippen LogP contribution is -2.39. The van der Waals surface area contributed by atoms with Crippen LogP contribution in [-0.4, -0.2) is 26.0 Å². The Balaban J connectivity index is 0.00000192. The van der Waals surface area contributed by atoms with Gasteiger partial charge >= 0.3 is 0 Å². The van der Waals surface area contributed by atoms with Gasteiger partial charge in [0.25, 0.3) is 0 Å². The summed E-state index contributed by atoms with van der Waals surface area (Å²) in [6.45, 7) is 2.45. The average molecular weight is 356 g/mol. The lowest BCUT2D eigenvalue weighted by molar-refractivity contribution is 0.453. The van der Waals surface area contributed by atoms with Gasteiger partial charge in [-0.2, -0.15) is 0 Å². The molecule has 3 rings (SSSR count). The lowest BCUT2D eigenvalue weighted by Gasteiger charge is -2.19. The van der Waals surface area contributed by atoms with E-state index in [1.165, 1.54) is 0 Å². The number of sulfonamides is 1. The maximum Gasteiger partial charge on any atom is 0.242 e. The molecular formula is C16H22ClN3O2S. The van der Waals surface area contributed by atoms with Crippen LogP contribution in [0.25, 0.3) is 10.9 Å². The van der Waals surface area contributed by atoms with Gasteiger partial charge in [0.1, 0.15) is 4.90 Å². The molecule has 23 heavy (non-hydrogen) atoms. The molecule has 1 heterocycles. The van der Waals surface area contributed by atoms with Crippen molar-refractivity contribution in [2.24, 2.45) is 11.7 Å². The molecule has 126 valence electrons. The van der Waals surface area contributed by atoms with E-state index in [-0.39, 0.29) is 29.3 Å². The molecule has 1 saturated carbocycles. The molecule has 2 unspecified atom stereocenters. The topological polar surface area (TPSA) is 85.1 Å². The maximum atomic E-state index is 12.8. The van der Waals surface area contributed by atoms with Crippen LogP contribution in [-0.2, 0) is 10.0 Å². The van der Waals surface area contributed by atoms with Gasteiger partial charge in [0.2, 0.25) is 10.0 Å². The molecule has 1 aliphatic rings. The van der Waals surface area contributed by atoms with Crippen molar-refractivity contribution in [3.8, 4) is 0 Å². The normalized spacial score (nSPS) is 21.3. The molecular weight excluding hydrogens is 334 g/mol. The number of aryl methyl sites for hydroxylation is 1. The van der Waals surface area contributed by atoms with Gasteiger partial charge in [-0.15, -0.1) is 12.4 Å². The summed E-state index contributed by atoms with van der Waals surface area (Å²) in [6.07, 6.45) is 4.54. The highest BCUT2D eigenvalue weighted by Gasteiger charge is 2.31. The maximum absolute atomic E-state index is 12.8. The molecule has 3 N–H and O–H groups in total. The molecule has 0 saturated heterocycles. The number of aromatic nitrogens is 1. The van der Waals surface area contributed by atoms with Crippen LogP contribution in [0.4, 0.5) is 0 Å². The van der Waals surface area contributed by atoms with E-state index in [0.29, 0.717) is 12.1 Å². The third kappa shape index (κ3) is 3.66. The monoisotopic (exact) mass is 355 g/mol. The second kappa shape index (κ2) is 7.13. The Morgan fingerprint density at radius 1 is 1.35 bits per heavy atom. The SMILES string of the molecule is Cc1cnc2c(S(=O)(=O)NC3CCCC3CN)cccc2c1.Cl. The van der Waals surface area contributed by atoms with E-state index < -0.39 is 10.0 Å². The third-order valence-corrected chi connectivity index (χ3v) is 5.89. The van der Waals surface area contributed by atoms with Crippen molar-refractivity contribution < 1.29 is 8.42 Å². The number of hydrogen-bond acceptors (Lipinski definition) is 4. The van der Waals surface area contributed by atoms with Crippen LogP contribution < -0.4 is 10.5 Å². The van der Waals surface area contributed by atoms with E-state index in [4.69, 9.17) is 5.73 Å². The summed E-state index contributed by atoms with van der Waals surface area (Å²) in [4.78, 5) is 4.56. The van der Waals surface area contributed by atoms with Crippen molar-refractivity contribution in [2.45, 2.75) is 37.1 Å². The van der Waals surface area contributed by atoms with Gasteiger partial charge in [-0.25, -0.2) is 13.1 Å². The fourth-order valence-corrected chi connectivity index (χ4v) is 4.72. The molecule has 0 aliphatic heterocycles. The molecule has 2 atom stereocenters. The van der Waals surface area contributed by atoms with E-state index in [0.717, 1.165) is 30.2 Å². The van der Waals surface area contributed by atoms with Crippen LogP contribution in [0, 0.1) is 12.8 Å². The summed E-state index contributed by atoms with van der Waals surface area (Å²) >= 11 is 0. The zero-order valence-electron chi connectivity index (χ0n) is 13.0. The summed E-state index contributed by atoms with van der Waals surface area (Å²) in [5.74, 6) is 0.222. The van der Waals surface area contributed by atoms with Crippen LogP contribution in [0.2, 0.25) is 0 Å². The predicted octanol–water partition coefficient (Wildman–Crippen LogP) is 2.37. The van der Waals surface area contributed by atoms with Crippen molar-refractivity contribution in [2.75, 3.05) is 6.54 Å². The zero-order chi connectivity index (χ0) is 15.7. The second-order valence-corrected chi connectivity index (χ2v) is 7.68. The van der Waals surface area contributed by atoms with Crippen LogP contribution in [0.15, 0.2) is 35.4 Å². The minimum atomic E-state index is -3.59. The van der Waals surface area contributed by atoms with Crippen molar-refractivity contribution in [1.82, 2.24) is 9.71 Å². The molecule has 1 aromatic heterocycles. The van der Waals surface area contributed by atoms with Crippen LogP contribution in [0.5, 0.6) is 0 Å². The molecule has 5 nitrogen and oxygen atoms in total. The third-order valence-electron chi connectivity index (χ3n) is 4.37. The van der Waals surface area contributed by atoms with Crippen molar-refractivity contribution in [3.05, 3.63) is 36.0 Å². The molecule has 1 fully saturated rings. The summed E-state index contributed by atoms with van der Waals surface area (Å²) in [7, 11) is -3.59. The van der Waals surface area contributed by atoms with E-state index in [1.807, 2.05) is 19.1 Å². The lowest BCUT2D eigenvalue weighted by atomic mass is 10.1. The molecule has 0 spiro atoms. The largest absolute Gasteiger partial charge is 0.330 e. The predicted molar refractivity (Wildman–Crippen MR) is 94.2 cm³/mol. The number of rotatable bonds is 4. The number of pyridine rings is 1. The highest BCUT2D eigenvalue weighted by Crippen LogP contribution is 2.28. The molecule has 0 radical (unpaired) electrons. The van der Waals surface area contributed by atoms with Crippen molar-refractivity contribution in [3.63, 3.8) is 0 Å². The number of nitrogens with two attached hydrogens (primary N) is 1. The first-order valence-corrected chi connectivity index (χ1v) is 9.07. The molecule has 1 aliphatic carbocycles. The molecule has 2 aromatic rings. The van der Waals surface area contributed by atoms with Gasteiger partial charge in [0.05, 0.1) is 5.52 Å². The average Bonchev–Trinajstić information content (AvgIpc) is 2.92. The van der Waals surface area contributed by atoms with E-state index >= 15 is 0 Å². The minimum Gasteiger partial charge on any atom is -0.330 e. The number of hydrogen-bond donors (Lipinski definition) is 2. The first kappa shape index (κ1) is 18.1. The van der Waals surface area contributed by atoms with Gasteiger partial charge in [-0.05, 0) is 49.9 Å². The smallest absolute Gasteiger partial charge is 0.242 e. The number of nitrogens with one attached hydrogen (secondary N) is 1. The number of nitrogens with zero attached hydrogens (tertiary/aromatic N) is 1. The number of para-hydroxylation sites is 1. The molecule has 1 aromatic carbocycles. The van der Waals surface area contributed by atoms with Crippen molar-refractivity contribution in [1.29, 1.82) is 0 Å². The molecule has 0 amide bonds. The Bertz CT molecular complexity index is 795. The first-order valence-electron chi connectivity index (χ1n) is 7.59. The van der Waals surface area contributed by atoms with Gasteiger partial charge in [0.15, 0.2) is 0 Å². The van der Waals surface area contributed by atoms with E-state index in [9.17, 15) is 8.42 Å². The quantitative estimate of drug-likeness (QED) is 0.881. The second-order valence-electron chi connectivity index (χ2n) is 6.00. The Hall–Kier alpha value is -1.21. The van der Waals surface area contributed by atoms with Crippen LogP contribution >= 0.6 is 12.4 Å². The van der Waals surface area contributed by atoms with Gasteiger partial charge in [-0.3, -0.25) is 4.98 Å². The fraction of sp³-hybridized carbons (Fsp3) is 0.438. The summed E-state index contributed by atoms with van der Waals surface area (Å²) < 4.78 is 28.3. The highest BCUT2D eigenvalue weighted by atomic mass is 35.5. The van der Waals surface area contributed by atoms with Gasteiger partial charge in [0, 0.05) is 17.6 Å². The van der Waals surface area contributed by atoms with E-state index in [2.05, 4.69) is 9.71 Å². The Morgan fingerprint density at radius 2 is 2.13 bits per heavy atom. The Labute approximate surface area is 143 Å². The highest BCUT2D eigenvalue weighted by molar-refractivity contribution is 7.89. The van der Waals surface area contributed by atoms with Crippen LogP contribution in [0.1, 0.15) is 24.8 Å². The standard InChI is InChI=1S/C16H21N3O2S.ClH/c1-11-8-12-4-3-7-15(16(12)18-10-11)22(20,21)19-14-6-2-5-13(14)9-17;/h3-4,7-8,10,13-14,19H,2,5-6,9,17H2,1H3;1H. The van der Waals surface area contributed by atoms with Gasteiger partial charge < -0.3 is 5.73 Å². The zero-order valence-corrected chi connectivity index (χ0v) is 14.7. The summed E-state index contributed by atoms with van der Waals surface area (Å²) in [5, 5.41) is 0.838. The Morgan fingerprint density at radius 3 is 2.87 bits per heavy atom. The van der Waals surface area contributed by atoms with Crippen LogP contribution in [0.3, 0.4) is 0 Å². The number of fused-ring (bicyclic) bond motifs is 1. The number of halogens is 1. The summed E-state index contributed by atoms with van der Waals surface area (Å²) in [6, 6.07) is 7.12. The minimum absolute atomic E-state index is 0. The van der Waals surface area contributed by atoms with E-state index in [1.54, 1.807) is 18.3 Å². The first-order chi connectivity index (χ1) is 10.5. The summed E-state index contributed by atoms with van der Waals surface area (Å²) in [5.41, 5.74) is 7.27. The Kier molecular flexibility index (Phi) is 5.62. The molecule has 7 heteroatoms. The fourth-order valence-electron chi connectivity index (χ4n) is 3.20. The van der Waals surface area contributed by atoms with Crippen molar-refractivity contribution >= 4 is 33.3 Å². The number of benzene rings is 1. The van der Waals surface area contributed by atoms with Gasteiger partial charge in [-0.1, -0.05) is 18.6 Å².